The molecule has 0 N–H and O–H groups in total. The van der Waals surface area contributed by atoms with Crippen LogP contribution in [0.2, 0.25) is 5.02 Å². The van der Waals surface area contributed by atoms with E-state index in [0.29, 0.717) is 16.7 Å². The summed E-state index contributed by atoms with van der Waals surface area (Å²) < 4.78 is 5.63. The molecule has 25 heavy (non-hydrogen) atoms. The maximum Gasteiger partial charge on any atom is 0.260 e. The summed E-state index contributed by atoms with van der Waals surface area (Å²) in [5.74, 6) is 1.27. The second kappa shape index (κ2) is 8.39. The number of nitrogens with zero attached hydrogens (tertiary/aromatic N) is 1. The largest absolute Gasteiger partial charge is 0.482 e. The Kier molecular flexibility index (Phi) is 5.98. The van der Waals surface area contributed by atoms with E-state index in [1.165, 1.54) is 5.56 Å². The summed E-state index contributed by atoms with van der Waals surface area (Å²) in [4.78, 5) is 14.3. The van der Waals surface area contributed by atoms with Crippen molar-refractivity contribution in [1.82, 2.24) is 4.90 Å². The molecule has 0 radical (unpaired) electrons. The average Bonchev–Trinajstić information content (AvgIpc) is 2.64. The highest BCUT2D eigenvalue weighted by Crippen LogP contribution is 2.26. The highest BCUT2D eigenvalue weighted by Gasteiger charge is 2.23. The number of piperidine rings is 1. The third-order valence-electron chi connectivity index (χ3n) is 4.77. The first-order valence-corrected chi connectivity index (χ1v) is 9.20. The van der Waals surface area contributed by atoms with E-state index in [9.17, 15) is 4.79 Å². The van der Waals surface area contributed by atoms with Gasteiger partial charge in [-0.2, -0.15) is 0 Å². The van der Waals surface area contributed by atoms with Gasteiger partial charge >= 0.3 is 0 Å². The molecule has 1 amide bonds. The molecule has 132 valence electrons. The quantitative estimate of drug-likeness (QED) is 0.788. The highest BCUT2D eigenvalue weighted by atomic mass is 35.5. The molecular weight excluding hydrogens is 334 g/mol. The van der Waals surface area contributed by atoms with Crippen LogP contribution in [0.4, 0.5) is 0 Å². The van der Waals surface area contributed by atoms with E-state index in [1.807, 2.05) is 30.0 Å². The Morgan fingerprint density at radius 1 is 1.16 bits per heavy atom. The van der Waals surface area contributed by atoms with Crippen LogP contribution in [0.3, 0.4) is 0 Å². The topological polar surface area (TPSA) is 29.5 Å². The van der Waals surface area contributed by atoms with Crippen molar-refractivity contribution in [3.8, 4) is 5.75 Å². The van der Waals surface area contributed by atoms with Gasteiger partial charge in [-0.1, -0.05) is 48.0 Å². The molecule has 0 spiro atoms. The van der Waals surface area contributed by atoms with Gasteiger partial charge in [-0.3, -0.25) is 4.79 Å². The van der Waals surface area contributed by atoms with E-state index >= 15 is 0 Å². The molecule has 0 atom stereocenters. The number of carbonyl (C=O) groups is 1. The Morgan fingerprint density at radius 2 is 1.88 bits per heavy atom. The van der Waals surface area contributed by atoms with Crippen LogP contribution in [0.25, 0.3) is 0 Å². The standard InChI is InChI=1S/C21H24ClNO2/c1-16-7-8-19(22)20(13-16)25-15-21(24)23-11-9-18(10-12-23)14-17-5-3-2-4-6-17/h2-8,13,18H,9-12,14-15H2,1H3. The third-order valence-corrected chi connectivity index (χ3v) is 5.08. The van der Waals surface area contributed by atoms with Crippen molar-refractivity contribution < 1.29 is 9.53 Å². The number of carbonyl (C=O) groups excluding carboxylic acids is 1. The van der Waals surface area contributed by atoms with Crippen molar-refractivity contribution in [1.29, 1.82) is 0 Å². The maximum absolute atomic E-state index is 12.4. The summed E-state index contributed by atoms with van der Waals surface area (Å²) in [7, 11) is 0. The van der Waals surface area contributed by atoms with Crippen molar-refractivity contribution in [3.05, 3.63) is 64.7 Å². The molecule has 1 saturated heterocycles. The van der Waals surface area contributed by atoms with Crippen LogP contribution in [0, 0.1) is 12.8 Å². The number of rotatable bonds is 5. The van der Waals surface area contributed by atoms with Crippen molar-refractivity contribution in [2.75, 3.05) is 19.7 Å². The summed E-state index contributed by atoms with van der Waals surface area (Å²) in [5, 5.41) is 0.542. The normalized spacial score (nSPS) is 15.2. The molecule has 1 heterocycles. The van der Waals surface area contributed by atoms with E-state index in [4.69, 9.17) is 16.3 Å². The highest BCUT2D eigenvalue weighted by molar-refractivity contribution is 6.32. The Hall–Kier alpha value is -2.00. The molecule has 0 bridgehead atoms. The molecule has 0 unspecified atom stereocenters. The minimum atomic E-state index is 0.0377. The van der Waals surface area contributed by atoms with E-state index in [2.05, 4.69) is 24.3 Å². The van der Waals surface area contributed by atoms with Crippen molar-refractivity contribution in [2.45, 2.75) is 26.2 Å². The van der Waals surface area contributed by atoms with Gasteiger partial charge in [0.25, 0.3) is 5.91 Å². The second-order valence-corrected chi connectivity index (χ2v) is 7.14. The molecule has 1 aliphatic rings. The first-order chi connectivity index (χ1) is 12.1. The number of benzene rings is 2. The van der Waals surface area contributed by atoms with Gasteiger partial charge in [-0.05, 0) is 55.4 Å². The Morgan fingerprint density at radius 3 is 2.60 bits per heavy atom. The van der Waals surface area contributed by atoms with Gasteiger partial charge in [-0.25, -0.2) is 0 Å². The number of halogens is 1. The molecular formula is C21H24ClNO2. The zero-order valence-electron chi connectivity index (χ0n) is 14.6. The molecule has 1 aliphatic heterocycles. The van der Waals surface area contributed by atoms with Crippen LogP contribution in [0.5, 0.6) is 5.75 Å². The van der Waals surface area contributed by atoms with Gasteiger partial charge in [0.05, 0.1) is 5.02 Å². The monoisotopic (exact) mass is 357 g/mol. The maximum atomic E-state index is 12.4. The third kappa shape index (κ3) is 4.99. The molecule has 0 aliphatic carbocycles. The molecule has 2 aromatic carbocycles. The molecule has 0 saturated carbocycles. The molecule has 3 nitrogen and oxygen atoms in total. The molecule has 1 fully saturated rings. The van der Waals surface area contributed by atoms with Crippen molar-refractivity contribution in [3.63, 3.8) is 0 Å². The predicted molar refractivity (Wildman–Crippen MR) is 101 cm³/mol. The minimum Gasteiger partial charge on any atom is -0.482 e. The van der Waals surface area contributed by atoms with Crippen molar-refractivity contribution >= 4 is 17.5 Å². The number of aryl methyl sites for hydroxylation is 1. The van der Waals surface area contributed by atoms with Crippen LogP contribution < -0.4 is 4.74 Å². The number of amides is 1. The van der Waals surface area contributed by atoms with Crippen molar-refractivity contribution in [2.24, 2.45) is 5.92 Å². The molecule has 4 heteroatoms. The smallest absolute Gasteiger partial charge is 0.260 e. The zero-order valence-corrected chi connectivity index (χ0v) is 15.3. The SMILES string of the molecule is Cc1ccc(Cl)c(OCC(=O)N2CCC(Cc3ccccc3)CC2)c1. The Labute approximate surface area is 154 Å². The Bertz CT molecular complexity index is 709. The number of likely N-dealkylation sites (tertiary alicyclic amines) is 1. The van der Waals surface area contributed by atoms with Gasteiger partial charge in [0.1, 0.15) is 5.75 Å². The van der Waals surface area contributed by atoms with Gasteiger partial charge in [0.2, 0.25) is 0 Å². The fourth-order valence-corrected chi connectivity index (χ4v) is 3.46. The number of ether oxygens (including phenoxy) is 1. The second-order valence-electron chi connectivity index (χ2n) is 6.74. The first kappa shape index (κ1) is 17.8. The van der Waals surface area contributed by atoms with Crippen LogP contribution in [0.15, 0.2) is 48.5 Å². The van der Waals surface area contributed by atoms with E-state index in [0.717, 1.165) is 37.9 Å². The average molecular weight is 358 g/mol. The summed E-state index contributed by atoms with van der Waals surface area (Å²) >= 11 is 6.11. The summed E-state index contributed by atoms with van der Waals surface area (Å²) in [6.45, 7) is 3.64. The lowest BCUT2D eigenvalue weighted by Crippen LogP contribution is -2.41. The lowest BCUT2D eigenvalue weighted by molar-refractivity contribution is -0.134. The Balaban J connectivity index is 1.46. The summed E-state index contributed by atoms with van der Waals surface area (Å²) in [6.07, 6.45) is 3.19. The fraction of sp³-hybridized carbons (Fsp3) is 0.381. The van der Waals surface area contributed by atoms with E-state index < -0.39 is 0 Å². The molecule has 3 rings (SSSR count). The van der Waals surface area contributed by atoms with Gasteiger partial charge in [0.15, 0.2) is 6.61 Å². The number of hydrogen-bond donors (Lipinski definition) is 0. The summed E-state index contributed by atoms with van der Waals surface area (Å²) in [6, 6.07) is 16.2. The van der Waals surface area contributed by atoms with Crippen LogP contribution in [-0.4, -0.2) is 30.5 Å². The van der Waals surface area contributed by atoms with Crippen LogP contribution in [-0.2, 0) is 11.2 Å². The lowest BCUT2D eigenvalue weighted by atomic mass is 9.90. The first-order valence-electron chi connectivity index (χ1n) is 8.82. The summed E-state index contributed by atoms with van der Waals surface area (Å²) in [5.41, 5.74) is 2.44. The molecule has 2 aromatic rings. The van der Waals surface area contributed by atoms with Gasteiger partial charge in [-0.15, -0.1) is 0 Å². The lowest BCUT2D eigenvalue weighted by Gasteiger charge is -2.32. The molecule has 0 aromatic heterocycles. The fourth-order valence-electron chi connectivity index (χ4n) is 3.29. The zero-order chi connectivity index (χ0) is 17.6. The van der Waals surface area contributed by atoms with E-state index in [1.54, 1.807) is 6.07 Å². The van der Waals surface area contributed by atoms with Crippen LogP contribution >= 0.6 is 11.6 Å². The minimum absolute atomic E-state index is 0.0377. The van der Waals surface area contributed by atoms with Crippen LogP contribution in [0.1, 0.15) is 24.0 Å². The van der Waals surface area contributed by atoms with E-state index in [-0.39, 0.29) is 12.5 Å². The van der Waals surface area contributed by atoms with Gasteiger partial charge < -0.3 is 9.64 Å². The van der Waals surface area contributed by atoms with Gasteiger partial charge in [0, 0.05) is 13.1 Å². The predicted octanol–water partition coefficient (Wildman–Crippen LogP) is 4.51. The number of hydrogen-bond acceptors (Lipinski definition) is 2.